The zero-order valence-electron chi connectivity index (χ0n) is 19.0. The predicted molar refractivity (Wildman–Crippen MR) is 127 cm³/mol. The first-order valence-corrected chi connectivity index (χ1v) is 13.7. The van der Waals surface area contributed by atoms with Gasteiger partial charge in [0.15, 0.2) is 21.3 Å². The lowest BCUT2D eigenvalue weighted by molar-refractivity contribution is -0.0363. The third-order valence-corrected chi connectivity index (χ3v) is 7.59. The summed E-state index contributed by atoms with van der Waals surface area (Å²) in [5.74, 6) is -0.471. The molecule has 0 radical (unpaired) electrons. The summed E-state index contributed by atoms with van der Waals surface area (Å²) in [5.41, 5.74) is 1.62. The molecule has 1 unspecified atom stereocenters. The number of ether oxygens (including phenoxy) is 2. The monoisotopic (exact) mass is 526 g/mol. The number of fused-ring (bicyclic) bond motifs is 1. The van der Waals surface area contributed by atoms with E-state index >= 15 is 0 Å². The van der Waals surface area contributed by atoms with Gasteiger partial charge in [0.05, 0.1) is 22.4 Å². The molecule has 2 fully saturated rings. The molecule has 2 aliphatic heterocycles. The van der Waals surface area contributed by atoms with E-state index in [2.05, 4.69) is 15.3 Å². The van der Waals surface area contributed by atoms with Crippen molar-refractivity contribution in [1.29, 1.82) is 0 Å². The van der Waals surface area contributed by atoms with E-state index < -0.39 is 28.3 Å². The maximum absolute atomic E-state index is 14.0. The zero-order chi connectivity index (χ0) is 24.7. The Kier molecular flexibility index (Phi) is 6.69. The van der Waals surface area contributed by atoms with E-state index in [1.54, 1.807) is 18.2 Å². The smallest absolute Gasteiger partial charge is 0.295 e. The second-order valence-electron chi connectivity index (χ2n) is 8.78. The number of nitrogens with zero attached hydrogens (tertiary/aromatic N) is 3. The average molecular weight is 527 g/mol. The number of aromatic nitrogens is 3. The normalized spacial score (nSPS) is 21.2. The summed E-state index contributed by atoms with van der Waals surface area (Å²) in [6, 6.07) is 6.47. The van der Waals surface area contributed by atoms with Gasteiger partial charge in [-0.25, -0.2) is 27.2 Å². The number of nitrogens with one attached hydrogen (secondary N) is 1. The molecule has 0 aliphatic carbocycles. The standard InChI is InChI=1S/C23H25ClF2N4O4S/c1-35(31,32)17-11-13(16-5-4-10-33-16)7-8-14(17)27-15-12-18(24)28-22-20(15)29-23(21(25)26)30(22)19-6-2-3-9-34-19/h7-8,11-12,16,19,21H,2-6,9-10H2,1H3,(H,27,28)/t16-,19?/m1/s1. The molecule has 5 rings (SSSR count). The fraction of sp³-hybridized carbons (Fsp3) is 0.478. The van der Waals surface area contributed by atoms with E-state index in [1.165, 1.54) is 10.6 Å². The fourth-order valence-corrected chi connectivity index (χ4v) is 5.70. The first kappa shape index (κ1) is 24.4. The van der Waals surface area contributed by atoms with Crippen LogP contribution in [0.3, 0.4) is 0 Å². The molecule has 0 spiro atoms. The van der Waals surface area contributed by atoms with Gasteiger partial charge in [-0.1, -0.05) is 17.7 Å². The number of anilines is 2. The Hall–Kier alpha value is -2.34. The number of halogens is 3. The van der Waals surface area contributed by atoms with Gasteiger partial charge in [-0.15, -0.1) is 0 Å². The summed E-state index contributed by atoms with van der Waals surface area (Å²) in [6.07, 6.45) is 1.41. The van der Waals surface area contributed by atoms with Crippen LogP contribution in [0, 0.1) is 0 Å². The number of hydrogen-bond donors (Lipinski definition) is 1. The zero-order valence-corrected chi connectivity index (χ0v) is 20.6. The number of rotatable bonds is 6. The van der Waals surface area contributed by atoms with E-state index in [0.717, 1.165) is 37.5 Å². The van der Waals surface area contributed by atoms with Crippen molar-refractivity contribution in [3.05, 3.63) is 40.8 Å². The number of imidazole rings is 1. The van der Waals surface area contributed by atoms with Gasteiger partial charge in [0, 0.05) is 25.5 Å². The van der Waals surface area contributed by atoms with Crippen LogP contribution in [0.5, 0.6) is 0 Å². The molecule has 35 heavy (non-hydrogen) atoms. The van der Waals surface area contributed by atoms with Crippen molar-refractivity contribution >= 4 is 44.0 Å². The highest BCUT2D eigenvalue weighted by Gasteiger charge is 2.29. The predicted octanol–water partition coefficient (Wildman–Crippen LogP) is 5.72. The van der Waals surface area contributed by atoms with Gasteiger partial charge in [0.25, 0.3) is 6.43 Å². The van der Waals surface area contributed by atoms with E-state index in [4.69, 9.17) is 21.1 Å². The Morgan fingerprint density at radius 3 is 2.54 bits per heavy atom. The molecular weight excluding hydrogens is 502 g/mol. The average Bonchev–Trinajstić information content (AvgIpc) is 3.48. The summed E-state index contributed by atoms with van der Waals surface area (Å²) >= 11 is 6.28. The van der Waals surface area contributed by atoms with Gasteiger partial charge >= 0.3 is 0 Å². The molecule has 0 amide bonds. The van der Waals surface area contributed by atoms with Gasteiger partial charge in [0.1, 0.15) is 16.9 Å². The van der Waals surface area contributed by atoms with Crippen LogP contribution in [0.25, 0.3) is 11.2 Å². The lowest BCUT2D eigenvalue weighted by Gasteiger charge is -2.25. The van der Waals surface area contributed by atoms with Crippen LogP contribution < -0.4 is 5.32 Å². The van der Waals surface area contributed by atoms with Crippen LogP contribution in [-0.2, 0) is 19.3 Å². The summed E-state index contributed by atoms with van der Waals surface area (Å²) in [5, 5.41) is 3.11. The Bertz CT molecular complexity index is 1350. The minimum Gasteiger partial charge on any atom is -0.374 e. The van der Waals surface area contributed by atoms with Crippen LogP contribution >= 0.6 is 11.6 Å². The summed E-state index contributed by atoms with van der Waals surface area (Å²) in [4.78, 5) is 8.51. The molecule has 2 aromatic heterocycles. The number of benzene rings is 1. The molecular formula is C23H25ClF2N4O4S. The minimum absolute atomic E-state index is 0.0506. The van der Waals surface area contributed by atoms with Gasteiger partial charge in [-0.3, -0.25) is 4.57 Å². The van der Waals surface area contributed by atoms with Crippen molar-refractivity contribution in [2.24, 2.45) is 0 Å². The van der Waals surface area contributed by atoms with Crippen LogP contribution in [-0.4, -0.2) is 42.4 Å². The topological polar surface area (TPSA) is 95.3 Å². The molecule has 188 valence electrons. The van der Waals surface area contributed by atoms with Gasteiger partial charge in [0.2, 0.25) is 0 Å². The number of sulfone groups is 1. The fourth-order valence-electron chi connectivity index (χ4n) is 4.64. The molecule has 1 N–H and O–H groups in total. The SMILES string of the molecule is CS(=O)(=O)c1cc([C@H]2CCCO2)ccc1Nc1cc(Cl)nc2c1nc(C(F)F)n2C1CCCCO1. The van der Waals surface area contributed by atoms with Crippen LogP contribution in [0.1, 0.15) is 62.2 Å². The highest BCUT2D eigenvalue weighted by Crippen LogP contribution is 2.38. The van der Waals surface area contributed by atoms with Crippen molar-refractivity contribution in [3.63, 3.8) is 0 Å². The Morgan fingerprint density at radius 1 is 1.09 bits per heavy atom. The summed E-state index contributed by atoms with van der Waals surface area (Å²) < 4.78 is 66.0. The van der Waals surface area contributed by atoms with Crippen molar-refractivity contribution < 1.29 is 26.7 Å². The highest BCUT2D eigenvalue weighted by molar-refractivity contribution is 7.90. The van der Waals surface area contributed by atoms with Crippen molar-refractivity contribution in [2.45, 2.75) is 55.8 Å². The van der Waals surface area contributed by atoms with Gasteiger partial charge < -0.3 is 14.8 Å². The minimum atomic E-state index is -3.63. The molecule has 0 bridgehead atoms. The Balaban J connectivity index is 1.61. The van der Waals surface area contributed by atoms with Crippen molar-refractivity contribution in [2.75, 3.05) is 24.8 Å². The Labute approximate surface area is 206 Å². The second-order valence-corrected chi connectivity index (χ2v) is 11.2. The third-order valence-electron chi connectivity index (χ3n) is 6.26. The van der Waals surface area contributed by atoms with E-state index in [-0.39, 0.29) is 38.7 Å². The van der Waals surface area contributed by atoms with Crippen LogP contribution in [0.15, 0.2) is 29.2 Å². The van der Waals surface area contributed by atoms with Crippen LogP contribution in [0.4, 0.5) is 20.2 Å². The Morgan fingerprint density at radius 2 is 1.89 bits per heavy atom. The second kappa shape index (κ2) is 9.61. The lowest BCUT2D eigenvalue weighted by atomic mass is 10.1. The molecule has 8 nitrogen and oxygen atoms in total. The lowest BCUT2D eigenvalue weighted by Crippen LogP contribution is -2.20. The number of pyridine rings is 1. The summed E-state index contributed by atoms with van der Waals surface area (Å²) in [6.45, 7) is 1.08. The van der Waals surface area contributed by atoms with Gasteiger partial charge in [-0.05, 0) is 49.8 Å². The molecule has 3 aromatic rings. The first-order chi connectivity index (χ1) is 16.7. The van der Waals surface area contributed by atoms with Gasteiger partial charge in [-0.2, -0.15) is 0 Å². The number of hydrogen-bond acceptors (Lipinski definition) is 7. The largest absolute Gasteiger partial charge is 0.374 e. The first-order valence-electron chi connectivity index (χ1n) is 11.4. The van der Waals surface area contributed by atoms with Crippen molar-refractivity contribution in [3.8, 4) is 0 Å². The van der Waals surface area contributed by atoms with E-state index in [9.17, 15) is 17.2 Å². The summed E-state index contributed by atoms with van der Waals surface area (Å²) in [7, 11) is -3.63. The van der Waals surface area contributed by atoms with E-state index in [1.807, 2.05) is 0 Å². The molecule has 2 saturated heterocycles. The van der Waals surface area contributed by atoms with Crippen molar-refractivity contribution in [1.82, 2.24) is 14.5 Å². The molecule has 1 aromatic carbocycles. The van der Waals surface area contributed by atoms with Crippen LogP contribution in [0.2, 0.25) is 5.15 Å². The van der Waals surface area contributed by atoms with E-state index in [0.29, 0.717) is 19.6 Å². The molecule has 2 aliphatic rings. The highest BCUT2D eigenvalue weighted by atomic mass is 35.5. The molecule has 2 atom stereocenters. The molecule has 4 heterocycles. The number of alkyl halides is 2. The maximum Gasteiger partial charge on any atom is 0.295 e. The molecule has 0 saturated carbocycles. The quantitative estimate of drug-likeness (QED) is 0.410. The maximum atomic E-state index is 14.0. The third kappa shape index (κ3) is 4.87. The molecule has 12 heteroatoms.